The molecule has 1 aliphatic carbocycles. The SMILES string of the molecule is CCCC(NC)C1CC1C. The van der Waals surface area contributed by atoms with Crippen LogP contribution in [-0.2, 0) is 0 Å². The highest BCUT2D eigenvalue weighted by molar-refractivity contribution is 4.91. The van der Waals surface area contributed by atoms with Crippen LogP contribution in [0.1, 0.15) is 33.1 Å². The van der Waals surface area contributed by atoms with Crippen LogP contribution < -0.4 is 5.32 Å². The average Bonchev–Trinajstić information content (AvgIpc) is 2.62. The van der Waals surface area contributed by atoms with Gasteiger partial charge in [0, 0.05) is 6.04 Å². The highest BCUT2D eigenvalue weighted by Gasteiger charge is 2.37. The summed E-state index contributed by atoms with van der Waals surface area (Å²) in [5.74, 6) is 1.98. The minimum absolute atomic E-state index is 0.806. The lowest BCUT2D eigenvalue weighted by molar-refractivity contribution is 0.448. The third-order valence-electron chi connectivity index (χ3n) is 2.66. The molecule has 0 heterocycles. The molecular weight excluding hydrogens is 122 g/mol. The van der Waals surface area contributed by atoms with Crippen molar-refractivity contribution in [1.29, 1.82) is 0 Å². The van der Waals surface area contributed by atoms with E-state index in [1.807, 2.05) is 0 Å². The maximum absolute atomic E-state index is 3.40. The molecule has 0 radical (unpaired) electrons. The quantitative estimate of drug-likeness (QED) is 0.631. The van der Waals surface area contributed by atoms with Gasteiger partial charge in [0.25, 0.3) is 0 Å². The minimum atomic E-state index is 0.806. The molecule has 0 amide bonds. The Labute approximate surface area is 64.2 Å². The number of hydrogen-bond donors (Lipinski definition) is 1. The molecule has 0 aromatic rings. The molecule has 60 valence electrons. The van der Waals surface area contributed by atoms with Crippen molar-refractivity contribution in [3.05, 3.63) is 0 Å². The second-order valence-corrected chi connectivity index (χ2v) is 3.56. The predicted octanol–water partition coefficient (Wildman–Crippen LogP) is 2.03. The van der Waals surface area contributed by atoms with E-state index in [9.17, 15) is 0 Å². The first-order chi connectivity index (χ1) is 4.79. The van der Waals surface area contributed by atoms with E-state index in [1.165, 1.54) is 19.3 Å². The first-order valence-corrected chi connectivity index (χ1v) is 4.46. The van der Waals surface area contributed by atoms with Gasteiger partial charge in [-0.05, 0) is 31.7 Å². The minimum Gasteiger partial charge on any atom is -0.317 e. The second-order valence-electron chi connectivity index (χ2n) is 3.56. The number of nitrogens with one attached hydrogen (secondary N) is 1. The molecule has 1 fully saturated rings. The van der Waals surface area contributed by atoms with Crippen LogP contribution in [0.2, 0.25) is 0 Å². The number of hydrogen-bond acceptors (Lipinski definition) is 1. The highest BCUT2D eigenvalue weighted by atomic mass is 14.9. The van der Waals surface area contributed by atoms with E-state index in [-0.39, 0.29) is 0 Å². The summed E-state index contributed by atoms with van der Waals surface area (Å²) in [6.07, 6.45) is 4.12. The monoisotopic (exact) mass is 141 g/mol. The molecule has 1 rings (SSSR count). The van der Waals surface area contributed by atoms with Gasteiger partial charge in [0.05, 0.1) is 0 Å². The zero-order valence-corrected chi connectivity index (χ0v) is 7.35. The molecule has 1 aliphatic rings. The van der Waals surface area contributed by atoms with Crippen molar-refractivity contribution in [2.75, 3.05) is 7.05 Å². The fourth-order valence-electron chi connectivity index (χ4n) is 1.80. The zero-order valence-electron chi connectivity index (χ0n) is 7.35. The summed E-state index contributed by atoms with van der Waals surface area (Å²) in [7, 11) is 2.09. The van der Waals surface area contributed by atoms with E-state index in [1.54, 1.807) is 0 Å². The van der Waals surface area contributed by atoms with Crippen LogP contribution in [0.25, 0.3) is 0 Å². The van der Waals surface area contributed by atoms with E-state index in [2.05, 4.69) is 26.2 Å². The van der Waals surface area contributed by atoms with Crippen LogP contribution >= 0.6 is 0 Å². The van der Waals surface area contributed by atoms with Crippen LogP contribution in [0.5, 0.6) is 0 Å². The van der Waals surface area contributed by atoms with Gasteiger partial charge < -0.3 is 5.32 Å². The molecule has 1 saturated carbocycles. The average molecular weight is 141 g/mol. The zero-order chi connectivity index (χ0) is 7.56. The topological polar surface area (TPSA) is 12.0 Å². The summed E-state index contributed by atoms with van der Waals surface area (Å²) < 4.78 is 0. The Balaban J connectivity index is 2.20. The van der Waals surface area contributed by atoms with Gasteiger partial charge in [-0.2, -0.15) is 0 Å². The first kappa shape index (κ1) is 8.06. The maximum atomic E-state index is 3.40. The predicted molar refractivity (Wildman–Crippen MR) is 45.0 cm³/mol. The van der Waals surface area contributed by atoms with Gasteiger partial charge in [-0.25, -0.2) is 0 Å². The number of rotatable bonds is 4. The fraction of sp³-hybridized carbons (Fsp3) is 1.00. The smallest absolute Gasteiger partial charge is 0.00948 e. The van der Waals surface area contributed by atoms with Crippen molar-refractivity contribution in [3.8, 4) is 0 Å². The Morgan fingerprint density at radius 1 is 1.60 bits per heavy atom. The van der Waals surface area contributed by atoms with Crippen LogP contribution in [-0.4, -0.2) is 13.1 Å². The Morgan fingerprint density at radius 3 is 2.50 bits per heavy atom. The summed E-state index contributed by atoms with van der Waals surface area (Å²) in [6, 6.07) is 0.806. The van der Waals surface area contributed by atoms with Gasteiger partial charge in [-0.1, -0.05) is 20.3 Å². The Hall–Kier alpha value is -0.0400. The molecule has 1 heteroatoms. The van der Waals surface area contributed by atoms with Gasteiger partial charge in [-0.15, -0.1) is 0 Å². The van der Waals surface area contributed by atoms with Crippen molar-refractivity contribution in [2.45, 2.75) is 39.2 Å². The van der Waals surface area contributed by atoms with Gasteiger partial charge >= 0.3 is 0 Å². The molecule has 0 saturated heterocycles. The largest absolute Gasteiger partial charge is 0.317 e. The molecular formula is C9H19N. The molecule has 0 aromatic heterocycles. The van der Waals surface area contributed by atoms with Gasteiger partial charge in [0.15, 0.2) is 0 Å². The van der Waals surface area contributed by atoms with E-state index in [0.29, 0.717) is 0 Å². The molecule has 0 bridgehead atoms. The lowest BCUT2D eigenvalue weighted by atomic mass is 10.1. The van der Waals surface area contributed by atoms with Gasteiger partial charge in [0.1, 0.15) is 0 Å². The lowest BCUT2D eigenvalue weighted by Gasteiger charge is -2.13. The van der Waals surface area contributed by atoms with Gasteiger partial charge in [0.2, 0.25) is 0 Å². The fourth-order valence-corrected chi connectivity index (χ4v) is 1.80. The van der Waals surface area contributed by atoms with E-state index < -0.39 is 0 Å². The third kappa shape index (κ3) is 1.72. The van der Waals surface area contributed by atoms with Crippen molar-refractivity contribution >= 4 is 0 Å². The molecule has 1 N–H and O–H groups in total. The normalized spacial score (nSPS) is 33.9. The van der Waals surface area contributed by atoms with Crippen LogP contribution in [0.4, 0.5) is 0 Å². The second kappa shape index (κ2) is 3.38. The van der Waals surface area contributed by atoms with Crippen LogP contribution in [0.3, 0.4) is 0 Å². The first-order valence-electron chi connectivity index (χ1n) is 4.46. The third-order valence-corrected chi connectivity index (χ3v) is 2.66. The molecule has 0 aromatic carbocycles. The highest BCUT2D eigenvalue weighted by Crippen LogP contribution is 2.41. The van der Waals surface area contributed by atoms with Crippen LogP contribution in [0.15, 0.2) is 0 Å². The molecule has 0 spiro atoms. The Kier molecular flexibility index (Phi) is 2.72. The van der Waals surface area contributed by atoms with Crippen molar-refractivity contribution < 1.29 is 0 Å². The molecule has 3 atom stereocenters. The van der Waals surface area contributed by atoms with Crippen molar-refractivity contribution in [1.82, 2.24) is 5.32 Å². The van der Waals surface area contributed by atoms with E-state index in [0.717, 1.165) is 17.9 Å². The summed E-state index contributed by atoms with van der Waals surface area (Å²) in [5, 5.41) is 3.40. The Bertz CT molecular complexity index is 101. The van der Waals surface area contributed by atoms with Crippen molar-refractivity contribution in [3.63, 3.8) is 0 Å². The summed E-state index contributed by atoms with van der Waals surface area (Å²) in [6.45, 7) is 4.61. The molecule has 10 heavy (non-hydrogen) atoms. The molecule has 1 nitrogen and oxygen atoms in total. The maximum Gasteiger partial charge on any atom is 0.00948 e. The van der Waals surface area contributed by atoms with Crippen LogP contribution in [0, 0.1) is 11.8 Å². The lowest BCUT2D eigenvalue weighted by Crippen LogP contribution is -2.27. The van der Waals surface area contributed by atoms with Gasteiger partial charge in [-0.3, -0.25) is 0 Å². The summed E-state index contributed by atoms with van der Waals surface area (Å²) in [5.41, 5.74) is 0. The summed E-state index contributed by atoms with van der Waals surface area (Å²) in [4.78, 5) is 0. The van der Waals surface area contributed by atoms with Crippen molar-refractivity contribution in [2.24, 2.45) is 11.8 Å². The van der Waals surface area contributed by atoms with E-state index >= 15 is 0 Å². The Morgan fingerprint density at radius 2 is 2.20 bits per heavy atom. The molecule has 0 aliphatic heterocycles. The standard InChI is InChI=1S/C9H19N/c1-4-5-9(10-3)8-6-7(8)2/h7-10H,4-6H2,1-3H3. The summed E-state index contributed by atoms with van der Waals surface area (Å²) >= 11 is 0. The van der Waals surface area contributed by atoms with E-state index in [4.69, 9.17) is 0 Å². The molecule has 3 unspecified atom stereocenters.